The number of hydrazone groups is 2. The first kappa shape index (κ1) is 16.2. The van der Waals surface area contributed by atoms with Gasteiger partial charge in [-0.3, -0.25) is 0 Å². The molecule has 3 N–H and O–H groups in total. The quantitative estimate of drug-likeness (QED) is 0.398. The molecule has 0 atom stereocenters. The van der Waals surface area contributed by atoms with Crippen molar-refractivity contribution >= 4 is 46.1 Å². The second-order valence-electron chi connectivity index (χ2n) is 4.61. The molecule has 1 aliphatic rings. The van der Waals surface area contributed by atoms with Crippen LogP contribution < -0.4 is 16.3 Å². The predicted octanol–water partition coefficient (Wildman–Crippen LogP) is 1.63. The van der Waals surface area contributed by atoms with Gasteiger partial charge in [-0.25, -0.2) is 30.9 Å². The standard InChI is InChI=1S/C13H15IN6O2/c1-8-7-20(13(22)18-15-8)19-12(21)17-16-9(2)10-3-5-11(14)6-4-10/h3-6H,7H2,1-2H3,(H,18,22)(H2,17,19,21)/b16-9+. The molecule has 116 valence electrons. The molecule has 1 aliphatic heterocycles. The lowest BCUT2D eigenvalue weighted by atomic mass is 10.1. The van der Waals surface area contributed by atoms with Crippen LogP contribution in [0.15, 0.2) is 34.5 Å². The highest BCUT2D eigenvalue weighted by Gasteiger charge is 2.20. The van der Waals surface area contributed by atoms with Gasteiger partial charge in [-0.15, -0.1) is 0 Å². The molecular formula is C13H15IN6O2. The maximum Gasteiger partial charge on any atom is 0.356 e. The van der Waals surface area contributed by atoms with E-state index in [4.69, 9.17) is 0 Å². The fourth-order valence-corrected chi connectivity index (χ4v) is 2.03. The summed E-state index contributed by atoms with van der Waals surface area (Å²) in [5, 5.41) is 8.88. The molecule has 0 saturated carbocycles. The minimum atomic E-state index is -0.602. The normalized spacial score (nSPS) is 15.0. The summed E-state index contributed by atoms with van der Waals surface area (Å²) in [6, 6.07) is 6.63. The minimum absolute atomic E-state index is 0.221. The Morgan fingerprint density at radius 2 is 2.09 bits per heavy atom. The van der Waals surface area contributed by atoms with Crippen molar-refractivity contribution in [2.24, 2.45) is 10.2 Å². The van der Waals surface area contributed by atoms with Gasteiger partial charge in [0, 0.05) is 3.57 Å². The van der Waals surface area contributed by atoms with Crippen LogP contribution in [0.3, 0.4) is 0 Å². The van der Waals surface area contributed by atoms with Gasteiger partial charge in [0.15, 0.2) is 0 Å². The highest BCUT2D eigenvalue weighted by atomic mass is 127. The minimum Gasteiger partial charge on any atom is -0.245 e. The lowest BCUT2D eigenvalue weighted by molar-refractivity contribution is 0.173. The van der Waals surface area contributed by atoms with Gasteiger partial charge in [-0.1, -0.05) is 12.1 Å². The number of benzene rings is 1. The van der Waals surface area contributed by atoms with E-state index in [-0.39, 0.29) is 6.54 Å². The Bertz CT molecular complexity index is 640. The molecule has 0 aliphatic carbocycles. The van der Waals surface area contributed by atoms with Crippen LogP contribution in [0.2, 0.25) is 0 Å². The summed E-state index contributed by atoms with van der Waals surface area (Å²) < 4.78 is 1.12. The number of nitrogens with one attached hydrogen (secondary N) is 3. The number of carbonyl (C=O) groups is 2. The maximum absolute atomic E-state index is 11.8. The van der Waals surface area contributed by atoms with Gasteiger partial charge in [0.2, 0.25) is 0 Å². The zero-order chi connectivity index (χ0) is 16.1. The lowest BCUT2D eigenvalue weighted by Gasteiger charge is -2.25. The predicted molar refractivity (Wildman–Crippen MR) is 91.4 cm³/mol. The molecule has 22 heavy (non-hydrogen) atoms. The molecule has 2 rings (SSSR count). The van der Waals surface area contributed by atoms with Gasteiger partial charge in [0.05, 0.1) is 18.0 Å². The molecule has 8 nitrogen and oxygen atoms in total. The third-order valence-corrected chi connectivity index (χ3v) is 3.52. The molecule has 0 unspecified atom stereocenters. The van der Waals surface area contributed by atoms with Gasteiger partial charge < -0.3 is 0 Å². The average Bonchev–Trinajstić information content (AvgIpc) is 2.49. The number of carbonyl (C=O) groups excluding carboxylic acids is 2. The van der Waals surface area contributed by atoms with E-state index in [1.54, 1.807) is 13.8 Å². The van der Waals surface area contributed by atoms with Crippen LogP contribution in [0.25, 0.3) is 0 Å². The Kier molecular flexibility index (Phi) is 5.31. The van der Waals surface area contributed by atoms with E-state index in [1.807, 2.05) is 24.3 Å². The Morgan fingerprint density at radius 1 is 1.41 bits per heavy atom. The first-order valence-electron chi connectivity index (χ1n) is 6.43. The number of hydrogen-bond acceptors (Lipinski definition) is 4. The van der Waals surface area contributed by atoms with Crippen molar-refractivity contribution in [1.29, 1.82) is 0 Å². The third-order valence-electron chi connectivity index (χ3n) is 2.80. The molecule has 0 bridgehead atoms. The molecule has 0 aromatic heterocycles. The Morgan fingerprint density at radius 3 is 2.77 bits per heavy atom. The van der Waals surface area contributed by atoms with Gasteiger partial charge in [0.1, 0.15) is 0 Å². The van der Waals surface area contributed by atoms with Crippen LogP contribution in [0.1, 0.15) is 19.4 Å². The van der Waals surface area contributed by atoms with E-state index in [0.29, 0.717) is 11.4 Å². The first-order chi connectivity index (χ1) is 10.5. The summed E-state index contributed by atoms with van der Waals surface area (Å²) >= 11 is 2.21. The average molecular weight is 414 g/mol. The first-order valence-corrected chi connectivity index (χ1v) is 7.51. The highest BCUT2D eigenvalue weighted by Crippen LogP contribution is 2.07. The van der Waals surface area contributed by atoms with E-state index in [2.05, 4.69) is 49.1 Å². The molecular weight excluding hydrogens is 399 g/mol. The van der Waals surface area contributed by atoms with Crippen molar-refractivity contribution in [2.45, 2.75) is 13.8 Å². The second kappa shape index (κ2) is 7.20. The smallest absolute Gasteiger partial charge is 0.245 e. The maximum atomic E-state index is 11.8. The summed E-state index contributed by atoms with van der Waals surface area (Å²) in [6.45, 7) is 3.75. The summed E-state index contributed by atoms with van der Waals surface area (Å²) in [7, 11) is 0. The lowest BCUT2D eigenvalue weighted by Crippen LogP contribution is -2.56. The molecule has 1 aromatic carbocycles. The summed E-state index contributed by atoms with van der Waals surface area (Å²) in [6.07, 6.45) is 0. The summed E-state index contributed by atoms with van der Waals surface area (Å²) in [5.74, 6) is 0. The zero-order valence-corrected chi connectivity index (χ0v) is 14.2. The summed E-state index contributed by atoms with van der Waals surface area (Å²) in [4.78, 5) is 23.3. The van der Waals surface area contributed by atoms with Crippen molar-refractivity contribution in [2.75, 3.05) is 6.54 Å². The molecule has 1 heterocycles. The third kappa shape index (κ3) is 4.41. The van der Waals surface area contributed by atoms with E-state index in [0.717, 1.165) is 14.1 Å². The Labute approximate surface area is 141 Å². The Balaban J connectivity index is 1.92. The van der Waals surface area contributed by atoms with Crippen LogP contribution in [0, 0.1) is 3.57 Å². The largest absolute Gasteiger partial charge is 0.356 e. The molecule has 0 saturated heterocycles. The van der Waals surface area contributed by atoms with Crippen molar-refractivity contribution in [3.63, 3.8) is 0 Å². The van der Waals surface area contributed by atoms with Gasteiger partial charge in [-0.2, -0.15) is 10.2 Å². The van der Waals surface area contributed by atoms with Crippen LogP contribution in [0.5, 0.6) is 0 Å². The van der Waals surface area contributed by atoms with Crippen LogP contribution in [0.4, 0.5) is 9.59 Å². The number of halogens is 1. The van der Waals surface area contributed by atoms with E-state index < -0.39 is 12.1 Å². The van der Waals surface area contributed by atoms with E-state index in [1.165, 1.54) is 0 Å². The summed E-state index contributed by atoms with van der Waals surface area (Å²) in [5.41, 5.74) is 9.27. The fraction of sp³-hybridized carbons (Fsp3) is 0.231. The number of rotatable bonds is 3. The van der Waals surface area contributed by atoms with Crippen molar-refractivity contribution in [3.05, 3.63) is 33.4 Å². The van der Waals surface area contributed by atoms with Crippen molar-refractivity contribution in [3.8, 4) is 0 Å². The monoisotopic (exact) mass is 414 g/mol. The highest BCUT2D eigenvalue weighted by molar-refractivity contribution is 14.1. The number of hydrogen-bond donors (Lipinski definition) is 3. The zero-order valence-electron chi connectivity index (χ0n) is 12.1. The number of hydrazine groups is 1. The molecule has 0 radical (unpaired) electrons. The van der Waals surface area contributed by atoms with Gasteiger partial charge in [0.25, 0.3) is 0 Å². The SMILES string of the molecule is CC1=NNC(=O)N(NC(=O)N/N=C(\C)c2ccc(I)cc2)C1. The van der Waals surface area contributed by atoms with Crippen molar-refractivity contribution < 1.29 is 9.59 Å². The van der Waals surface area contributed by atoms with Gasteiger partial charge in [-0.05, 0) is 54.1 Å². The molecule has 0 fully saturated rings. The molecule has 0 spiro atoms. The Hall–Kier alpha value is -2.17. The van der Waals surface area contributed by atoms with E-state index >= 15 is 0 Å². The fourth-order valence-electron chi connectivity index (χ4n) is 1.67. The molecule has 9 heteroatoms. The molecule has 4 amide bonds. The topological polar surface area (TPSA) is 98.2 Å². The van der Waals surface area contributed by atoms with E-state index in [9.17, 15) is 9.59 Å². The van der Waals surface area contributed by atoms with Crippen LogP contribution >= 0.6 is 22.6 Å². The number of nitrogens with zero attached hydrogens (tertiary/aromatic N) is 3. The number of amides is 4. The van der Waals surface area contributed by atoms with Crippen LogP contribution in [-0.4, -0.2) is 35.0 Å². The number of urea groups is 2. The van der Waals surface area contributed by atoms with Gasteiger partial charge >= 0.3 is 12.1 Å². The van der Waals surface area contributed by atoms with Crippen molar-refractivity contribution in [1.82, 2.24) is 21.3 Å². The second-order valence-corrected chi connectivity index (χ2v) is 5.85. The molecule has 1 aromatic rings. The van der Waals surface area contributed by atoms with Crippen LogP contribution in [-0.2, 0) is 0 Å².